The Balaban J connectivity index is 3.34. The number of hydrogen-bond donors (Lipinski definition) is 0. The van der Waals surface area contributed by atoms with Gasteiger partial charge >= 0.3 is 5.97 Å². The van der Waals surface area contributed by atoms with Crippen LogP contribution in [0, 0.1) is 6.42 Å². The van der Waals surface area contributed by atoms with Crippen LogP contribution in [0.15, 0.2) is 0 Å². The number of ether oxygens (including phenoxy) is 1. The Morgan fingerprint density at radius 2 is 2.33 bits per heavy atom. The van der Waals surface area contributed by atoms with Gasteiger partial charge in [-0.2, -0.15) is 0 Å². The average molecular weight is 129 g/mol. The first kappa shape index (κ1) is 8.47. The highest BCUT2D eigenvalue weighted by atomic mass is 16.5. The molecule has 0 amide bonds. The molecule has 0 aliphatic carbocycles. The Morgan fingerprint density at radius 1 is 1.78 bits per heavy atom. The molecule has 0 saturated carbocycles. The van der Waals surface area contributed by atoms with E-state index in [1.807, 2.05) is 13.8 Å². The van der Waals surface area contributed by atoms with Crippen molar-refractivity contribution in [2.45, 2.75) is 33.3 Å². The van der Waals surface area contributed by atoms with E-state index in [9.17, 15) is 4.79 Å². The monoisotopic (exact) mass is 129 g/mol. The molecule has 0 saturated heterocycles. The topological polar surface area (TPSA) is 26.3 Å². The third-order valence-corrected chi connectivity index (χ3v) is 1.13. The van der Waals surface area contributed by atoms with E-state index >= 15 is 0 Å². The lowest BCUT2D eigenvalue weighted by molar-refractivity contribution is -0.143. The molecule has 0 aliphatic heterocycles. The van der Waals surface area contributed by atoms with Crippen LogP contribution in [-0.2, 0) is 9.53 Å². The van der Waals surface area contributed by atoms with Gasteiger partial charge in [-0.1, -0.05) is 13.8 Å². The molecule has 2 heteroatoms. The molecule has 0 aromatic heterocycles. The smallest absolute Gasteiger partial charge is 0.309 e. The van der Waals surface area contributed by atoms with Crippen LogP contribution < -0.4 is 0 Å². The van der Waals surface area contributed by atoms with Crippen molar-refractivity contribution in [3.63, 3.8) is 0 Å². The molecule has 9 heavy (non-hydrogen) atoms. The SMILES string of the molecule is C[CH]C(=O)OC(C)CC. The van der Waals surface area contributed by atoms with Crippen molar-refractivity contribution in [3.8, 4) is 0 Å². The summed E-state index contributed by atoms with van der Waals surface area (Å²) in [5, 5.41) is 0. The molecule has 1 unspecified atom stereocenters. The maximum absolute atomic E-state index is 10.5. The molecular weight excluding hydrogens is 116 g/mol. The fourth-order valence-corrected chi connectivity index (χ4v) is 0.350. The molecule has 53 valence electrons. The van der Waals surface area contributed by atoms with Crippen LogP contribution in [0.2, 0.25) is 0 Å². The minimum absolute atomic E-state index is 0.0497. The molecule has 0 rings (SSSR count). The van der Waals surface area contributed by atoms with Gasteiger partial charge in [0.2, 0.25) is 0 Å². The van der Waals surface area contributed by atoms with Gasteiger partial charge in [-0.3, -0.25) is 4.79 Å². The maximum Gasteiger partial charge on any atom is 0.309 e. The van der Waals surface area contributed by atoms with Crippen molar-refractivity contribution in [2.75, 3.05) is 0 Å². The van der Waals surface area contributed by atoms with Gasteiger partial charge in [0.15, 0.2) is 0 Å². The van der Waals surface area contributed by atoms with E-state index in [-0.39, 0.29) is 12.1 Å². The summed E-state index contributed by atoms with van der Waals surface area (Å²) in [7, 11) is 0. The molecule has 0 aromatic rings. The minimum Gasteiger partial charge on any atom is -0.462 e. The van der Waals surface area contributed by atoms with Crippen molar-refractivity contribution >= 4 is 5.97 Å². The average Bonchev–Trinajstić information content (AvgIpc) is 1.87. The summed E-state index contributed by atoms with van der Waals surface area (Å²) in [6, 6.07) is 0. The van der Waals surface area contributed by atoms with Crippen LogP contribution in [0.4, 0.5) is 0 Å². The summed E-state index contributed by atoms with van der Waals surface area (Å²) in [6.07, 6.45) is 2.35. The Morgan fingerprint density at radius 3 is 2.67 bits per heavy atom. The van der Waals surface area contributed by atoms with E-state index in [1.54, 1.807) is 6.92 Å². The highest BCUT2D eigenvalue weighted by Gasteiger charge is 2.03. The molecule has 0 fully saturated rings. The fourth-order valence-electron chi connectivity index (χ4n) is 0.350. The first-order valence-electron chi connectivity index (χ1n) is 3.20. The first-order chi connectivity index (χ1) is 4.20. The zero-order valence-electron chi connectivity index (χ0n) is 6.18. The van der Waals surface area contributed by atoms with Gasteiger partial charge < -0.3 is 4.74 Å². The van der Waals surface area contributed by atoms with Gasteiger partial charge in [0.25, 0.3) is 0 Å². The second-order valence-electron chi connectivity index (χ2n) is 1.94. The summed E-state index contributed by atoms with van der Waals surface area (Å²) < 4.78 is 4.85. The normalized spacial score (nSPS) is 12.8. The fraction of sp³-hybridized carbons (Fsp3) is 0.714. The number of esters is 1. The second kappa shape index (κ2) is 4.36. The Kier molecular flexibility index (Phi) is 4.10. The summed E-state index contributed by atoms with van der Waals surface area (Å²) in [4.78, 5) is 10.5. The quantitative estimate of drug-likeness (QED) is 0.540. The summed E-state index contributed by atoms with van der Waals surface area (Å²) in [5.74, 6) is -0.232. The predicted molar refractivity (Wildman–Crippen MR) is 35.8 cm³/mol. The van der Waals surface area contributed by atoms with Gasteiger partial charge in [-0.15, -0.1) is 0 Å². The lowest BCUT2D eigenvalue weighted by Crippen LogP contribution is -2.12. The third kappa shape index (κ3) is 4.01. The summed E-state index contributed by atoms with van der Waals surface area (Å²) >= 11 is 0. The lowest BCUT2D eigenvalue weighted by Gasteiger charge is -2.08. The standard InChI is InChI=1S/C7H13O2/c1-4-6(3)9-7(8)5-2/h5-6H,4H2,1-3H3. The number of carbonyl (C=O) groups is 1. The second-order valence-corrected chi connectivity index (χ2v) is 1.94. The van der Waals surface area contributed by atoms with Crippen molar-refractivity contribution < 1.29 is 9.53 Å². The van der Waals surface area contributed by atoms with E-state index in [1.165, 1.54) is 6.42 Å². The number of rotatable bonds is 3. The predicted octanol–water partition coefficient (Wildman–Crippen LogP) is 1.55. The van der Waals surface area contributed by atoms with Gasteiger partial charge in [0.05, 0.1) is 12.5 Å². The molecule has 0 aromatic carbocycles. The summed E-state index contributed by atoms with van der Waals surface area (Å²) in [5.41, 5.74) is 0. The van der Waals surface area contributed by atoms with Gasteiger partial charge in [-0.25, -0.2) is 0 Å². The highest BCUT2D eigenvalue weighted by Crippen LogP contribution is 1.96. The van der Waals surface area contributed by atoms with E-state index in [0.29, 0.717) is 0 Å². The van der Waals surface area contributed by atoms with Crippen molar-refractivity contribution in [1.29, 1.82) is 0 Å². The van der Waals surface area contributed by atoms with Crippen molar-refractivity contribution in [3.05, 3.63) is 6.42 Å². The molecule has 0 aliphatic rings. The molecule has 1 atom stereocenters. The highest BCUT2D eigenvalue weighted by molar-refractivity contribution is 5.78. The zero-order valence-corrected chi connectivity index (χ0v) is 6.18. The van der Waals surface area contributed by atoms with Crippen molar-refractivity contribution in [2.24, 2.45) is 0 Å². The van der Waals surface area contributed by atoms with Crippen LogP contribution in [-0.4, -0.2) is 12.1 Å². The van der Waals surface area contributed by atoms with Crippen LogP contribution in [0.3, 0.4) is 0 Å². The van der Waals surface area contributed by atoms with Crippen LogP contribution in [0.25, 0.3) is 0 Å². The van der Waals surface area contributed by atoms with E-state index in [4.69, 9.17) is 4.74 Å². The van der Waals surface area contributed by atoms with Crippen molar-refractivity contribution in [1.82, 2.24) is 0 Å². The summed E-state index contributed by atoms with van der Waals surface area (Å²) in [6.45, 7) is 5.53. The van der Waals surface area contributed by atoms with Crippen LogP contribution >= 0.6 is 0 Å². The molecule has 0 heterocycles. The molecule has 2 nitrogen and oxygen atoms in total. The Bertz CT molecular complexity index is 88.9. The number of hydrogen-bond acceptors (Lipinski definition) is 2. The first-order valence-corrected chi connectivity index (χ1v) is 3.20. The van der Waals surface area contributed by atoms with Gasteiger partial charge in [0, 0.05) is 0 Å². The Hall–Kier alpha value is -0.530. The van der Waals surface area contributed by atoms with E-state index in [0.717, 1.165) is 6.42 Å². The zero-order chi connectivity index (χ0) is 7.28. The molecule has 1 radical (unpaired) electrons. The van der Waals surface area contributed by atoms with Gasteiger partial charge in [-0.05, 0) is 13.3 Å². The molecule has 0 spiro atoms. The number of carbonyl (C=O) groups excluding carboxylic acids is 1. The minimum atomic E-state index is -0.232. The third-order valence-electron chi connectivity index (χ3n) is 1.13. The lowest BCUT2D eigenvalue weighted by atomic mass is 10.3. The maximum atomic E-state index is 10.5. The van der Waals surface area contributed by atoms with E-state index < -0.39 is 0 Å². The Labute approximate surface area is 56.2 Å². The van der Waals surface area contributed by atoms with Crippen LogP contribution in [0.1, 0.15) is 27.2 Å². The van der Waals surface area contributed by atoms with Gasteiger partial charge in [0.1, 0.15) is 0 Å². The van der Waals surface area contributed by atoms with E-state index in [2.05, 4.69) is 0 Å². The molecular formula is C7H13O2. The molecule has 0 N–H and O–H groups in total. The molecule has 0 bridgehead atoms. The largest absolute Gasteiger partial charge is 0.462 e. The van der Waals surface area contributed by atoms with Crippen LogP contribution in [0.5, 0.6) is 0 Å².